The van der Waals surface area contributed by atoms with Gasteiger partial charge in [0.25, 0.3) is 5.91 Å². The van der Waals surface area contributed by atoms with Crippen LogP contribution < -0.4 is 10.6 Å². The van der Waals surface area contributed by atoms with E-state index >= 15 is 0 Å². The Morgan fingerprint density at radius 1 is 1.00 bits per heavy atom. The third-order valence-electron chi connectivity index (χ3n) is 7.91. The first-order valence-corrected chi connectivity index (χ1v) is 14.2. The van der Waals surface area contributed by atoms with Crippen molar-refractivity contribution in [3.8, 4) is 0 Å². The lowest BCUT2D eigenvalue weighted by Gasteiger charge is -2.32. The predicted octanol–water partition coefficient (Wildman–Crippen LogP) is 1.96. The SMILES string of the molecule is CC1(C)OB(C(CCCc2ccccc2)NC(=O)C(CC(=O)N2CCOCC2)NC(=O)c2cnccn2)OC1(C)C. The number of benzene rings is 1. The van der Waals surface area contributed by atoms with Crippen molar-refractivity contribution in [3.63, 3.8) is 0 Å². The maximum Gasteiger partial charge on any atom is 0.481 e. The molecule has 11 nitrogen and oxygen atoms in total. The van der Waals surface area contributed by atoms with Crippen molar-refractivity contribution >= 4 is 24.8 Å². The smallest absolute Gasteiger partial charge is 0.402 e. The van der Waals surface area contributed by atoms with Gasteiger partial charge < -0.3 is 29.6 Å². The van der Waals surface area contributed by atoms with E-state index in [0.29, 0.717) is 32.7 Å². The van der Waals surface area contributed by atoms with Gasteiger partial charge in [-0.15, -0.1) is 0 Å². The van der Waals surface area contributed by atoms with Crippen LogP contribution in [0.25, 0.3) is 0 Å². The molecule has 0 radical (unpaired) electrons. The number of ether oxygens (including phenoxy) is 1. The van der Waals surface area contributed by atoms with E-state index in [1.807, 2.05) is 45.9 Å². The summed E-state index contributed by atoms with van der Waals surface area (Å²) in [4.78, 5) is 49.5. The number of carbonyl (C=O) groups is 3. The molecule has 3 heterocycles. The van der Waals surface area contributed by atoms with E-state index in [1.54, 1.807) is 4.90 Å². The zero-order chi connectivity index (χ0) is 29.5. The minimum absolute atomic E-state index is 0.0505. The maximum atomic E-state index is 13.8. The monoisotopic (exact) mass is 565 g/mol. The lowest BCUT2D eigenvalue weighted by atomic mass is 9.75. The molecular weight excluding hydrogens is 525 g/mol. The molecule has 2 aliphatic heterocycles. The van der Waals surface area contributed by atoms with Gasteiger partial charge in [-0.25, -0.2) is 4.98 Å². The zero-order valence-corrected chi connectivity index (χ0v) is 24.3. The van der Waals surface area contributed by atoms with Crippen LogP contribution >= 0.6 is 0 Å². The van der Waals surface area contributed by atoms with Gasteiger partial charge in [0.2, 0.25) is 11.8 Å². The second-order valence-corrected chi connectivity index (χ2v) is 11.4. The Kier molecular flexibility index (Phi) is 10.1. The second kappa shape index (κ2) is 13.5. The number of aryl methyl sites for hydroxylation is 1. The molecule has 4 rings (SSSR count). The number of morpholine rings is 1. The topological polar surface area (TPSA) is 132 Å². The molecule has 2 fully saturated rings. The van der Waals surface area contributed by atoms with Crippen molar-refractivity contribution < 1.29 is 28.4 Å². The van der Waals surface area contributed by atoms with Crippen LogP contribution in [0.2, 0.25) is 0 Å². The molecule has 2 atom stereocenters. The van der Waals surface area contributed by atoms with Gasteiger partial charge in [0.1, 0.15) is 11.7 Å². The Labute approximate surface area is 241 Å². The summed E-state index contributed by atoms with van der Waals surface area (Å²) in [5, 5.41) is 5.75. The fourth-order valence-electron chi connectivity index (χ4n) is 4.76. The van der Waals surface area contributed by atoms with Crippen LogP contribution in [-0.4, -0.2) is 89.2 Å². The molecule has 2 saturated heterocycles. The number of hydrogen-bond donors (Lipinski definition) is 2. The van der Waals surface area contributed by atoms with Crippen molar-refractivity contribution in [2.45, 2.75) is 76.6 Å². The number of hydrogen-bond acceptors (Lipinski definition) is 8. The highest BCUT2D eigenvalue weighted by Crippen LogP contribution is 2.38. The van der Waals surface area contributed by atoms with E-state index in [2.05, 4.69) is 32.7 Å². The third-order valence-corrected chi connectivity index (χ3v) is 7.91. The Bertz CT molecular complexity index is 1160. The molecule has 0 bridgehead atoms. The molecular formula is C29H40BN5O6. The van der Waals surface area contributed by atoms with Crippen LogP contribution in [0.4, 0.5) is 0 Å². The van der Waals surface area contributed by atoms with Gasteiger partial charge in [-0.3, -0.25) is 19.4 Å². The average molecular weight is 565 g/mol. The minimum Gasteiger partial charge on any atom is -0.402 e. The summed E-state index contributed by atoms with van der Waals surface area (Å²) in [5.41, 5.74) is 0.0593. The fraction of sp³-hybridized carbons (Fsp3) is 0.552. The normalized spacial score (nSPS) is 19.3. The molecule has 2 aromatic rings. The molecule has 12 heteroatoms. The minimum atomic E-state index is -1.14. The Morgan fingerprint density at radius 2 is 1.68 bits per heavy atom. The second-order valence-electron chi connectivity index (χ2n) is 11.4. The summed E-state index contributed by atoms with van der Waals surface area (Å²) in [6, 6.07) is 8.97. The van der Waals surface area contributed by atoms with E-state index in [1.165, 1.54) is 24.2 Å². The lowest BCUT2D eigenvalue weighted by Crippen LogP contribution is -2.56. The molecule has 2 aliphatic rings. The number of aromatic nitrogens is 2. The quantitative estimate of drug-likeness (QED) is 0.396. The number of nitrogens with one attached hydrogen (secondary N) is 2. The fourth-order valence-corrected chi connectivity index (χ4v) is 4.76. The summed E-state index contributed by atoms with van der Waals surface area (Å²) < 4.78 is 18.0. The summed E-state index contributed by atoms with van der Waals surface area (Å²) in [6.07, 6.45) is 6.09. The molecule has 0 aliphatic carbocycles. The molecule has 3 amide bonds. The predicted molar refractivity (Wildman–Crippen MR) is 153 cm³/mol. The van der Waals surface area contributed by atoms with E-state index in [4.69, 9.17) is 14.0 Å². The van der Waals surface area contributed by atoms with Crippen LogP contribution in [0.3, 0.4) is 0 Å². The standard InChI is InChI=1S/C29H40BN5O6/c1-28(2)29(3,4)41-30(40-28)24(12-8-11-21-9-6-5-7-10-21)34-26(37)22(19-25(36)35-15-17-39-18-16-35)33-27(38)23-20-31-13-14-32-23/h5-7,9-10,13-14,20,22,24H,8,11-12,15-19H2,1-4H3,(H,33,38)(H,34,37). The van der Waals surface area contributed by atoms with Gasteiger partial charge in [-0.05, 0) is 52.5 Å². The van der Waals surface area contributed by atoms with Crippen molar-refractivity contribution in [3.05, 3.63) is 60.2 Å². The molecule has 2 N–H and O–H groups in total. The van der Waals surface area contributed by atoms with Gasteiger partial charge in [-0.1, -0.05) is 30.3 Å². The van der Waals surface area contributed by atoms with Gasteiger partial charge in [0, 0.05) is 25.5 Å². The molecule has 220 valence electrons. The lowest BCUT2D eigenvalue weighted by molar-refractivity contribution is -0.138. The van der Waals surface area contributed by atoms with Gasteiger partial charge in [0.05, 0.1) is 43.0 Å². The van der Waals surface area contributed by atoms with E-state index < -0.39 is 42.1 Å². The zero-order valence-electron chi connectivity index (χ0n) is 24.3. The van der Waals surface area contributed by atoms with Crippen molar-refractivity contribution in [2.24, 2.45) is 0 Å². The number of nitrogens with zero attached hydrogens (tertiary/aromatic N) is 3. The highest BCUT2D eigenvalue weighted by Gasteiger charge is 2.54. The molecule has 1 aromatic heterocycles. The Balaban J connectivity index is 1.51. The highest BCUT2D eigenvalue weighted by atomic mass is 16.7. The van der Waals surface area contributed by atoms with Crippen LogP contribution in [0, 0.1) is 0 Å². The largest absolute Gasteiger partial charge is 0.481 e. The molecule has 0 saturated carbocycles. The summed E-state index contributed by atoms with van der Waals surface area (Å²) in [6.45, 7) is 9.56. The average Bonchev–Trinajstić information content (AvgIpc) is 3.19. The molecule has 41 heavy (non-hydrogen) atoms. The Morgan fingerprint density at radius 3 is 2.32 bits per heavy atom. The van der Waals surface area contributed by atoms with E-state index in [9.17, 15) is 14.4 Å². The first-order chi connectivity index (χ1) is 19.6. The van der Waals surface area contributed by atoms with Crippen LogP contribution in [0.5, 0.6) is 0 Å². The van der Waals surface area contributed by atoms with Crippen LogP contribution in [0.1, 0.15) is 63.0 Å². The van der Waals surface area contributed by atoms with Gasteiger partial charge >= 0.3 is 7.12 Å². The van der Waals surface area contributed by atoms with Crippen LogP contribution in [0.15, 0.2) is 48.9 Å². The third kappa shape index (κ3) is 8.11. The van der Waals surface area contributed by atoms with Gasteiger partial charge in [-0.2, -0.15) is 0 Å². The van der Waals surface area contributed by atoms with Crippen molar-refractivity contribution in [2.75, 3.05) is 26.3 Å². The summed E-state index contributed by atoms with van der Waals surface area (Å²) >= 11 is 0. The number of carbonyl (C=O) groups excluding carboxylic acids is 3. The molecule has 0 spiro atoms. The summed E-state index contributed by atoms with van der Waals surface area (Å²) in [5.74, 6) is -1.85. The Hall–Kier alpha value is -3.35. The van der Waals surface area contributed by atoms with Crippen molar-refractivity contribution in [1.29, 1.82) is 0 Å². The van der Waals surface area contributed by atoms with E-state index in [-0.39, 0.29) is 18.0 Å². The van der Waals surface area contributed by atoms with Crippen molar-refractivity contribution in [1.82, 2.24) is 25.5 Å². The first-order valence-electron chi connectivity index (χ1n) is 14.2. The summed E-state index contributed by atoms with van der Waals surface area (Å²) in [7, 11) is -0.703. The number of rotatable bonds is 11. The van der Waals surface area contributed by atoms with E-state index in [0.717, 1.165) is 12.8 Å². The molecule has 2 unspecified atom stereocenters. The highest BCUT2D eigenvalue weighted by molar-refractivity contribution is 6.48. The van der Waals surface area contributed by atoms with Crippen LogP contribution in [-0.2, 0) is 30.1 Å². The first kappa shape index (κ1) is 30.6. The van der Waals surface area contributed by atoms with Gasteiger partial charge in [0.15, 0.2) is 0 Å². The number of amides is 3. The molecule has 1 aromatic carbocycles. The maximum absolute atomic E-state index is 13.8.